The van der Waals surface area contributed by atoms with E-state index in [1.165, 1.54) is 12.0 Å². The topological polar surface area (TPSA) is 26.7 Å². The number of aliphatic hydroxyl groups is 1. The molecule has 1 saturated carbocycles. The minimum Gasteiger partial charge on any atom is -0.389 e. The van der Waals surface area contributed by atoms with Gasteiger partial charge in [0.2, 0.25) is 0 Å². The smallest absolute Gasteiger partial charge is 0.0728 e. The van der Waals surface area contributed by atoms with Crippen LogP contribution in [0.25, 0.3) is 11.1 Å². The highest BCUT2D eigenvalue weighted by Gasteiger charge is 2.39. The van der Waals surface area contributed by atoms with Crippen molar-refractivity contribution in [2.75, 3.05) is 39.8 Å². The number of benzene rings is 2. The van der Waals surface area contributed by atoms with Crippen LogP contribution in [0.3, 0.4) is 0 Å². The molecule has 29 heavy (non-hydrogen) atoms. The number of hydrogen-bond acceptors (Lipinski definition) is 3. The normalized spacial score (nSPS) is 21.8. The van der Waals surface area contributed by atoms with E-state index in [9.17, 15) is 5.11 Å². The van der Waals surface area contributed by atoms with E-state index in [0.717, 1.165) is 74.6 Å². The summed E-state index contributed by atoms with van der Waals surface area (Å²) in [6.07, 6.45) is 5.34. The van der Waals surface area contributed by atoms with Crippen molar-refractivity contribution in [1.82, 2.24) is 9.80 Å². The van der Waals surface area contributed by atoms with Gasteiger partial charge in [-0.1, -0.05) is 73.3 Å². The first-order valence-corrected chi connectivity index (χ1v) is 11.4. The van der Waals surface area contributed by atoms with Crippen LogP contribution in [0.4, 0.5) is 0 Å². The van der Waals surface area contributed by atoms with Gasteiger partial charge in [0.15, 0.2) is 0 Å². The van der Waals surface area contributed by atoms with E-state index >= 15 is 0 Å². The van der Waals surface area contributed by atoms with E-state index in [1.807, 2.05) is 18.2 Å². The summed E-state index contributed by atoms with van der Waals surface area (Å²) in [5.41, 5.74) is 2.86. The fourth-order valence-corrected chi connectivity index (χ4v) is 5.22. The second kappa shape index (κ2) is 9.18. The SMILES string of the molecule is CN1CCN(C[C@@H](c2ccc(-c3ccccc3Cl)cc2)C2(O)CCCCC2)CC1. The van der Waals surface area contributed by atoms with Gasteiger partial charge in [-0.05, 0) is 37.1 Å². The first kappa shape index (κ1) is 20.9. The highest BCUT2D eigenvalue weighted by atomic mass is 35.5. The molecule has 1 heterocycles. The number of piperazine rings is 1. The van der Waals surface area contributed by atoms with Gasteiger partial charge in [0.25, 0.3) is 0 Å². The van der Waals surface area contributed by atoms with Gasteiger partial charge in [-0.2, -0.15) is 0 Å². The van der Waals surface area contributed by atoms with Gasteiger partial charge in [0.1, 0.15) is 0 Å². The molecule has 4 heteroatoms. The van der Waals surface area contributed by atoms with Crippen molar-refractivity contribution in [3.8, 4) is 11.1 Å². The zero-order valence-corrected chi connectivity index (χ0v) is 18.2. The highest BCUT2D eigenvalue weighted by Crippen LogP contribution is 2.41. The van der Waals surface area contributed by atoms with Gasteiger partial charge in [0, 0.05) is 49.2 Å². The van der Waals surface area contributed by atoms with Crippen LogP contribution in [0.15, 0.2) is 48.5 Å². The third kappa shape index (κ3) is 4.86. The molecule has 1 N–H and O–H groups in total. The molecule has 3 nitrogen and oxygen atoms in total. The minimum atomic E-state index is -0.590. The molecule has 1 saturated heterocycles. The average molecular weight is 413 g/mol. The Bertz CT molecular complexity index is 793. The van der Waals surface area contributed by atoms with Gasteiger partial charge in [-0.15, -0.1) is 0 Å². The summed E-state index contributed by atoms with van der Waals surface area (Å²) in [7, 11) is 2.19. The monoisotopic (exact) mass is 412 g/mol. The highest BCUT2D eigenvalue weighted by molar-refractivity contribution is 6.33. The summed E-state index contributed by atoms with van der Waals surface area (Å²) in [6, 6.07) is 16.7. The van der Waals surface area contributed by atoms with Gasteiger partial charge < -0.3 is 14.9 Å². The Morgan fingerprint density at radius 3 is 2.24 bits per heavy atom. The Hall–Kier alpha value is -1.39. The largest absolute Gasteiger partial charge is 0.389 e. The van der Waals surface area contributed by atoms with E-state index in [0.29, 0.717) is 0 Å². The molecule has 2 aromatic rings. The minimum absolute atomic E-state index is 0.159. The van der Waals surface area contributed by atoms with E-state index in [-0.39, 0.29) is 5.92 Å². The van der Waals surface area contributed by atoms with Gasteiger partial charge in [-0.3, -0.25) is 0 Å². The van der Waals surface area contributed by atoms with Crippen LogP contribution in [-0.4, -0.2) is 60.3 Å². The number of nitrogens with zero attached hydrogens (tertiary/aromatic N) is 2. The molecular weight excluding hydrogens is 380 g/mol. The predicted molar refractivity (Wildman–Crippen MR) is 122 cm³/mol. The molecule has 156 valence electrons. The lowest BCUT2D eigenvalue weighted by Crippen LogP contribution is -2.50. The second-order valence-electron chi connectivity index (χ2n) is 8.92. The van der Waals surface area contributed by atoms with Crippen molar-refractivity contribution in [1.29, 1.82) is 0 Å². The molecule has 1 aliphatic carbocycles. The molecule has 0 amide bonds. The van der Waals surface area contributed by atoms with Crippen molar-refractivity contribution in [3.63, 3.8) is 0 Å². The fourth-order valence-electron chi connectivity index (χ4n) is 4.98. The lowest BCUT2D eigenvalue weighted by atomic mass is 9.72. The Morgan fingerprint density at radius 2 is 1.59 bits per heavy atom. The van der Waals surface area contributed by atoms with E-state index in [2.05, 4.69) is 47.2 Å². The first-order valence-electron chi connectivity index (χ1n) is 11.0. The quantitative estimate of drug-likeness (QED) is 0.745. The molecule has 2 aliphatic rings. The molecule has 1 atom stereocenters. The van der Waals surface area contributed by atoms with Crippen molar-refractivity contribution in [3.05, 3.63) is 59.1 Å². The molecule has 0 bridgehead atoms. The Labute approximate surface area is 180 Å². The summed E-state index contributed by atoms with van der Waals surface area (Å²) in [4.78, 5) is 4.93. The molecule has 0 aromatic heterocycles. The number of hydrogen-bond donors (Lipinski definition) is 1. The van der Waals surface area contributed by atoms with Crippen LogP contribution < -0.4 is 0 Å². The van der Waals surface area contributed by atoms with Crippen LogP contribution in [0, 0.1) is 0 Å². The third-order valence-electron chi connectivity index (χ3n) is 6.90. The van der Waals surface area contributed by atoms with Gasteiger partial charge >= 0.3 is 0 Å². The van der Waals surface area contributed by atoms with E-state index in [4.69, 9.17) is 11.6 Å². The summed E-state index contributed by atoms with van der Waals surface area (Å²) in [6.45, 7) is 5.32. The van der Waals surface area contributed by atoms with Crippen LogP contribution in [0.5, 0.6) is 0 Å². The molecule has 4 rings (SSSR count). The lowest BCUT2D eigenvalue weighted by Gasteiger charge is -2.43. The maximum atomic E-state index is 11.6. The van der Waals surface area contributed by atoms with Gasteiger partial charge in [-0.25, -0.2) is 0 Å². The van der Waals surface area contributed by atoms with Crippen molar-refractivity contribution < 1.29 is 5.11 Å². The van der Waals surface area contributed by atoms with E-state index < -0.39 is 5.60 Å². The third-order valence-corrected chi connectivity index (χ3v) is 7.23. The Morgan fingerprint density at radius 1 is 0.931 bits per heavy atom. The number of halogens is 1. The summed E-state index contributed by atoms with van der Waals surface area (Å²) < 4.78 is 0. The molecule has 0 spiro atoms. The van der Waals surface area contributed by atoms with Crippen LogP contribution >= 0.6 is 11.6 Å². The van der Waals surface area contributed by atoms with Crippen molar-refractivity contribution in [2.24, 2.45) is 0 Å². The van der Waals surface area contributed by atoms with E-state index in [1.54, 1.807) is 0 Å². The van der Waals surface area contributed by atoms with Crippen molar-refractivity contribution in [2.45, 2.75) is 43.6 Å². The Balaban J connectivity index is 1.59. The van der Waals surface area contributed by atoms with Gasteiger partial charge in [0.05, 0.1) is 5.60 Å². The molecule has 1 aliphatic heterocycles. The fraction of sp³-hybridized carbons (Fsp3) is 0.520. The Kier molecular flexibility index (Phi) is 6.60. The lowest BCUT2D eigenvalue weighted by molar-refractivity contribution is -0.0337. The summed E-state index contributed by atoms with van der Waals surface area (Å²) in [5.74, 6) is 0.159. The molecule has 0 unspecified atom stereocenters. The predicted octanol–water partition coefficient (Wildman–Crippen LogP) is 5.03. The molecule has 0 radical (unpaired) electrons. The van der Waals surface area contributed by atoms with Crippen LogP contribution in [0.1, 0.15) is 43.6 Å². The second-order valence-corrected chi connectivity index (χ2v) is 9.33. The first-order chi connectivity index (χ1) is 14.0. The average Bonchev–Trinajstić information content (AvgIpc) is 2.74. The standard InChI is InChI=1S/C25H33ClN2O/c1-27-15-17-28(18-16-27)19-23(25(29)13-5-2-6-14-25)21-11-9-20(10-12-21)22-7-3-4-8-24(22)26/h3-4,7-12,23,29H,2,5-6,13-19H2,1H3/t23-/m0/s1. The van der Waals surface area contributed by atoms with Crippen molar-refractivity contribution >= 4 is 11.6 Å². The van der Waals surface area contributed by atoms with Crippen LogP contribution in [0.2, 0.25) is 5.02 Å². The summed E-state index contributed by atoms with van der Waals surface area (Å²) >= 11 is 6.39. The molecule has 2 aromatic carbocycles. The zero-order chi connectivity index (χ0) is 20.3. The molecular formula is C25H33ClN2O. The number of rotatable bonds is 5. The van der Waals surface area contributed by atoms with Crippen LogP contribution in [-0.2, 0) is 0 Å². The summed E-state index contributed by atoms with van der Waals surface area (Å²) in [5, 5.41) is 12.4. The molecule has 2 fully saturated rings. The number of likely N-dealkylation sites (N-methyl/N-ethyl adjacent to an activating group) is 1. The zero-order valence-electron chi connectivity index (χ0n) is 17.5. The maximum Gasteiger partial charge on any atom is 0.0728 e. The maximum absolute atomic E-state index is 11.6.